The summed E-state index contributed by atoms with van der Waals surface area (Å²) in [4.78, 5) is 25.3. The van der Waals surface area contributed by atoms with Crippen LogP contribution in [0.5, 0.6) is 0 Å². The molecule has 144 valence electrons. The molecule has 1 aromatic heterocycles. The van der Waals surface area contributed by atoms with Gasteiger partial charge in [0.2, 0.25) is 0 Å². The molecule has 1 amide bonds. The van der Waals surface area contributed by atoms with Crippen molar-refractivity contribution in [3.8, 4) is 0 Å². The van der Waals surface area contributed by atoms with E-state index in [1.165, 1.54) is 10.2 Å². The van der Waals surface area contributed by atoms with Crippen molar-refractivity contribution >= 4 is 22.9 Å². The Morgan fingerprint density at radius 1 is 1.14 bits per heavy atom. The number of carbonyl (C=O) groups is 1. The van der Waals surface area contributed by atoms with E-state index in [1.54, 1.807) is 30.5 Å². The summed E-state index contributed by atoms with van der Waals surface area (Å²) in [7, 11) is 0. The average Bonchev–Trinajstić information content (AvgIpc) is 2.66. The topological polar surface area (TPSA) is 76.3 Å². The summed E-state index contributed by atoms with van der Waals surface area (Å²) in [5.74, 6) is -0.445. The minimum absolute atomic E-state index is 0.191. The van der Waals surface area contributed by atoms with Crippen LogP contribution in [-0.4, -0.2) is 21.9 Å². The zero-order valence-corrected chi connectivity index (χ0v) is 16.6. The van der Waals surface area contributed by atoms with Gasteiger partial charge in [0.25, 0.3) is 11.5 Å². The van der Waals surface area contributed by atoms with E-state index in [0.29, 0.717) is 17.3 Å². The number of hydrogen-bond acceptors (Lipinski definition) is 4. The molecule has 28 heavy (non-hydrogen) atoms. The van der Waals surface area contributed by atoms with Crippen LogP contribution in [0.3, 0.4) is 0 Å². The second-order valence-electron chi connectivity index (χ2n) is 6.93. The summed E-state index contributed by atoms with van der Waals surface area (Å²) in [5.41, 5.74) is 6.89. The largest absolute Gasteiger partial charge is 0.292 e. The van der Waals surface area contributed by atoms with Crippen molar-refractivity contribution in [2.75, 3.05) is 0 Å². The third kappa shape index (κ3) is 3.86. The Hall–Kier alpha value is -3.28. The number of nitrogens with zero attached hydrogens (tertiary/aromatic N) is 3. The van der Waals surface area contributed by atoms with Gasteiger partial charge < -0.3 is 0 Å². The molecule has 0 unspecified atom stereocenters. The van der Waals surface area contributed by atoms with Gasteiger partial charge in [-0.2, -0.15) is 10.2 Å². The molecule has 0 bridgehead atoms. The molecule has 0 aliphatic rings. The van der Waals surface area contributed by atoms with Crippen molar-refractivity contribution in [2.24, 2.45) is 5.10 Å². The van der Waals surface area contributed by atoms with Crippen molar-refractivity contribution in [1.82, 2.24) is 15.2 Å². The lowest BCUT2D eigenvalue weighted by Gasteiger charge is -2.09. The maximum Gasteiger partial charge on any atom is 0.292 e. The summed E-state index contributed by atoms with van der Waals surface area (Å²) in [6, 6.07) is 11.2. The molecule has 6 nitrogen and oxygen atoms in total. The molecule has 0 saturated heterocycles. The van der Waals surface area contributed by atoms with Gasteiger partial charge in [-0.3, -0.25) is 9.59 Å². The van der Waals surface area contributed by atoms with Gasteiger partial charge >= 0.3 is 0 Å². The summed E-state index contributed by atoms with van der Waals surface area (Å²) in [6.45, 7) is 8.48. The zero-order valence-electron chi connectivity index (χ0n) is 16.6. The van der Waals surface area contributed by atoms with E-state index in [2.05, 4.69) is 27.8 Å². The standard InChI is InChI=1S/C22H24N4O2/c1-5-10-26-22(28)18-9-7-6-8-17(18)20(25-26)21(27)24-23-13-19-15(3)11-14(2)12-16(19)4/h6-9,11-13H,5,10H2,1-4H3,(H,24,27)/b23-13-. The van der Waals surface area contributed by atoms with Crippen LogP contribution in [0.15, 0.2) is 46.3 Å². The number of hydrogen-bond donors (Lipinski definition) is 1. The fourth-order valence-electron chi connectivity index (χ4n) is 3.37. The first-order valence-corrected chi connectivity index (χ1v) is 9.33. The van der Waals surface area contributed by atoms with E-state index in [-0.39, 0.29) is 11.3 Å². The molecule has 3 rings (SSSR count). The molecule has 1 heterocycles. The van der Waals surface area contributed by atoms with Gasteiger partial charge in [-0.25, -0.2) is 10.1 Å². The van der Waals surface area contributed by atoms with E-state index in [4.69, 9.17) is 0 Å². The third-order valence-corrected chi connectivity index (χ3v) is 4.62. The highest BCUT2D eigenvalue weighted by Gasteiger charge is 2.16. The fourth-order valence-corrected chi connectivity index (χ4v) is 3.37. The number of aryl methyl sites for hydroxylation is 4. The fraction of sp³-hybridized carbons (Fsp3) is 0.273. The smallest absolute Gasteiger partial charge is 0.267 e. The van der Waals surface area contributed by atoms with Gasteiger partial charge in [0.15, 0.2) is 5.69 Å². The van der Waals surface area contributed by atoms with Crippen LogP contribution in [0.1, 0.15) is 46.1 Å². The Kier molecular flexibility index (Phi) is 5.68. The highest BCUT2D eigenvalue weighted by atomic mass is 16.2. The number of benzene rings is 2. The molecule has 0 spiro atoms. The minimum Gasteiger partial charge on any atom is -0.267 e. The Bertz CT molecular complexity index is 1110. The third-order valence-electron chi connectivity index (χ3n) is 4.62. The molecular formula is C22H24N4O2. The van der Waals surface area contributed by atoms with Gasteiger partial charge in [0.05, 0.1) is 11.6 Å². The lowest BCUT2D eigenvalue weighted by molar-refractivity contribution is 0.0949. The zero-order chi connectivity index (χ0) is 20.3. The first-order chi connectivity index (χ1) is 13.4. The van der Waals surface area contributed by atoms with E-state index in [0.717, 1.165) is 23.1 Å². The number of fused-ring (bicyclic) bond motifs is 1. The number of nitrogens with one attached hydrogen (secondary N) is 1. The molecule has 2 aromatic carbocycles. The first kappa shape index (κ1) is 19.5. The molecule has 3 aromatic rings. The number of carbonyl (C=O) groups excluding carboxylic acids is 1. The predicted molar refractivity (Wildman–Crippen MR) is 112 cm³/mol. The summed E-state index contributed by atoms with van der Waals surface area (Å²) < 4.78 is 1.34. The molecule has 0 radical (unpaired) electrons. The van der Waals surface area contributed by atoms with Crippen LogP contribution >= 0.6 is 0 Å². The van der Waals surface area contributed by atoms with Crippen molar-refractivity contribution in [3.05, 3.63) is 74.7 Å². The van der Waals surface area contributed by atoms with E-state index in [9.17, 15) is 9.59 Å². The molecule has 0 atom stereocenters. The predicted octanol–water partition coefficient (Wildman–Crippen LogP) is 3.50. The lowest BCUT2D eigenvalue weighted by Crippen LogP contribution is -2.29. The molecule has 0 fully saturated rings. The van der Waals surface area contributed by atoms with Crippen LogP contribution in [0.4, 0.5) is 0 Å². The second-order valence-corrected chi connectivity index (χ2v) is 6.93. The van der Waals surface area contributed by atoms with E-state index >= 15 is 0 Å². The Morgan fingerprint density at radius 2 is 1.79 bits per heavy atom. The summed E-state index contributed by atoms with van der Waals surface area (Å²) in [5, 5.41) is 9.40. The maximum absolute atomic E-state index is 12.7. The van der Waals surface area contributed by atoms with Crippen molar-refractivity contribution in [2.45, 2.75) is 40.7 Å². The number of hydrazone groups is 1. The average molecular weight is 376 g/mol. The normalized spacial score (nSPS) is 11.3. The van der Waals surface area contributed by atoms with Crippen molar-refractivity contribution < 1.29 is 4.79 Å². The van der Waals surface area contributed by atoms with Gasteiger partial charge in [-0.1, -0.05) is 42.8 Å². The Balaban J connectivity index is 1.94. The number of aromatic nitrogens is 2. The monoisotopic (exact) mass is 376 g/mol. The number of amides is 1. The van der Waals surface area contributed by atoms with E-state index in [1.807, 2.05) is 27.7 Å². The summed E-state index contributed by atoms with van der Waals surface area (Å²) in [6.07, 6.45) is 2.39. The molecule has 0 saturated carbocycles. The highest BCUT2D eigenvalue weighted by molar-refractivity contribution is 6.05. The molecule has 0 aliphatic heterocycles. The molecular weight excluding hydrogens is 352 g/mol. The first-order valence-electron chi connectivity index (χ1n) is 9.33. The molecule has 6 heteroatoms. The number of rotatable bonds is 5. The van der Waals surface area contributed by atoms with E-state index < -0.39 is 5.91 Å². The van der Waals surface area contributed by atoms with Crippen LogP contribution < -0.4 is 11.0 Å². The van der Waals surface area contributed by atoms with Crippen LogP contribution in [-0.2, 0) is 6.54 Å². The Morgan fingerprint density at radius 3 is 2.43 bits per heavy atom. The van der Waals surface area contributed by atoms with Gasteiger partial charge in [0, 0.05) is 17.5 Å². The van der Waals surface area contributed by atoms with Gasteiger partial charge in [0.1, 0.15) is 0 Å². The maximum atomic E-state index is 12.7. The minimum atomic E-state index is -0.445. The van der Waals surface area contributed by atoms with Crippen molar-refractivity contribution in [3.63, 3.8) is 0 Å². The quantitative estimate of drug-likeness (QED) is 0.547. The molecule has 1 N–H and O–H groups in total. The molecule has 0 aliphatic carbocycles. The van der Waals surface area contributed by atoms with Gasteiger partial charge in [-0.15, -0.1) is 0 Å². The van der Waals surface area contributed by atoms with Crippen molar-refractivity contribution in [1.29, 1.82) is 0 Å². The van der Waals surface area contributed by atoms with Gasteiger partial charge in [-0.05, 0) is 44.4 Å². The SMILES string of the molecule is CCCn1nc(C(=O)N/N=C\c2c(C)cc(C)cc2C)c2ccccc2c1=O. The lowest BCUT2D eigenvalue weighted by atomic mass is 10.0. The van der Waals surface area contributed by atoms with Crippen LogP contribution in [0, 0.1) is 20.8 Å². The highest BCUT2D eigenvalue weighted by Crippen LogP contribution is 2.15. The van der Waals surface area contributed by atoms with Crippen LogP contribution in [0.2, 0.25) is 0 Å². The Labute approximate surface area is 163 Å². The second kappa shape index (κ2) is 8.17. The van der Waals surface area contributed by atoms with Crippen LogP contribution in [0.25, 0.3) is 10.8 Å². The summed E-state index contributed by atoms with van der Waals surface area (Å²) >= 11 is 0.